The minimum atomic E-state index is -0.269. The summed E-state index contributed by atoms with van der Waals surface area (Å²) in [6, 6.07) is 9.20. The summed E-state index contributed by atoms with van der Waals surface area (Å²) in [5.74, 6) is 1.23. The second kappa shape index (κ2) is 8.20. The summed E-state index contributed by atoms with van der Waals surface area (Å²) >= 11 is 0. The molecule has 0 aliphatic heterocycles. The molecule has 5 rings (SSSR count). The van der Waals surface area contributed by atoms with Crippen LogP contribution >= 0.6 is 0 Å². The monoisotopic (exact) mass is 445 g/mol. The van der Waals surface area contributed by atoms with Gasteiger partial charge in [-0.05, 0) is 35.7 Å². The van der Waals surface area contributed by atoms with E-state index in [0.29, 0.717) is 32.7 Å². The van der Waals surface area contributed by atoms with E-state index in [4.69, 9.17) is 0 Å². The van der Waals surface area contributed by atoms with E-state index < -0.39 is 0 Å². The molecule has 4 heterocycles. The molecule has 5 aromatic rings. The quantitative estimate of drug-likeness (QED) is 0.294. The number of aromatic amines is 1. The topological polar surface area (TPSA) is 136 Å². The summed E-state index contributed by atoms with van der Waals surface area (Å²) < 4.78 is 3.84. The van der Waals surface area contributed by atoms with Crippen molar-refractivity contribution >= 4 is 44.8 Å². The molecular formula is C22H21N8O3+. The summed E-state index contributed by atoms with van der Waals surface area (Å²) in [5, 5.41) is 22.0. The van der Waals surface area contributed by atoms with Crippen LogP contribution in [0.4, 0.5) is 23.1 Å². The van der Waals surface area contributed by atoms with Crippen LogP contribution in [0.3, 0.4) is 0 Å². The summed E-state index contributed by atoms with van der Waals surface area (Å²) in [6.07, 6.45) is 7.73. The van der Waals surface area contributed by atoms with Crippen molar-refractivity contribution in [3.8, 4) is 0 Å². The zero-order chi connectivity index (χ0) is 22.9. The number of benzene rings is 1. The molecule has 0 bridgehead atoms. The van der Waals surface area contributed by atoms with Gasteiger partial charge in [0.05, 0.1) is 28.1 Å². The van der Waals surface area contributed by atoms with Gasteiger partial charge in [-0.1, -0.05) is 0 Å². The van der Waals surface area contributed by atoms with Crippen molar-refractivity contribution in [2.24, 2.45) is 7.05 Å². The van der Waals surface area contributed by atoms with E-state index in [0.717, 1.165) is 16.6 Å². The Morgan fingerprint density at radius 2 is 2.06 bits per heavy atom. The third-order valence-corrected chi connectivity index (χ3v) is 5.16. The predicted molar refractivity (Wildman–Crippen MR) is 125 cm³/mol. The first-order valence-corrected chi connectivity index (χ1v) is 10.2. The first kappa shape index (κ1) is 20.4. The van der Waals surface area contributed by atoms with Crippen LogP contribution in [0.25, 0.3) is 21.7 Å². The fourth-order valence-electron chi connectivity index (χ4n) is 3.72. The number of rotatable bonds is 6. The molecule has 0 saturated heterocycles. The average molecular weight is 445 g/mol. The van der Waals surface area contributed by atoms with Crippen LogP contribution in [0.15, 0.2) is 66.1 Å². The maximum absolute atomic E-state index is 13.1. The van der Waals surface area contributed by atoms with Crippen LogP contribution < -0.4 is 20.6 Å². The molecule has 0 aliphatic rings. The molecule has 166 valence electrons. The first-order valence-electron chi connectivity index (χ1n) is 10.2. The molecule has 0 atom stereocenters. The molecule has 4 N–H and O–H groups in total. The van der Waals surface area contributed by atoms with E-state index in [1.165, 1.54) is 23.2 Å². The molecule has 0 spiro atoms. The highest BCUT2D eigenvalue weighted by Crippen LogP contribution is 2.27. The van der Waals surface area contributed by atoms with Gasteiger partial charge in [0, 0.05) is 42.0 Å². The largest absolute Gasteiger partial charge is 0.395 e. The Kier molecular flexibility index (Phi) is 5.07. The predicted octanol–water partition coefficient (Wildman–Crippen LogP) is 2.01. The second-order valence-corrected chi connectivity index (χ2v) is 7.55. The number of fused-ring (bicyclic) bond motifs is 2. The van der Waals surface area contributed by atoms with E-state index in [1.54, 1.807) is 23.0 Å². The molecule has 0 aliphatic carbocycles. The lowest BCUT2D eigenvalue weighted by Gasteiger charge is -2.13. The number of anilines is 4. The highest BCUT2D eigenvalue weighted by Gasteiger charge is 2.14. The van der Waals surface area contributed by atoms with Crippen LogP contribution in [-0.4, -0.2) is 36.0 Å². The van der Waals surface area contributed by atoms with Gasteiger partial charge >= 0.3 is 0 Å². The number of aryl methyl sites for hydroxylation is 1. The smallest absolute Gasteiger partial charge is 0.268 e. The molecular weight excluding hydrogens is 424 g/mol. The third-order valence-electron chi connectivity index (χ3n) is 5.16. The van der Waals surface area contributed by atoms with Crippen LogP contribution in [0.1, 0.15) is 0 Å². The molecule has 33 heavy (non-hydrogen) atoms. The van der Waals surface area contributed by atoms with Gasteiger partial charge < -0.3 is 25.3 Å². The number of hydrogen-bond acceptors (Lipinski definition) is 7. The average Bonchev–Trinajstić information content (AvgIpc) is 3.15. The van der Waals surface area contributed by atoms with Crippen LogP contribution in [-0.2, 0) is 13.6 Å². The van der Waals surface area contributed by atoms with Gasteiger partial charge in [0.25, 0.3) is 11.8 Å². The number of aliphatic hydroxyl groups is 1. The Bertz CT molecular complexity index is 1600. The molecule has 11 nitrogen and oxygen atoms in total. The van der Waals surface area contributed by atoms with E-state index in [-0.39, 0.29) is 18.7 Å². The Morgan fingerprint density at radius 1 is 1.18 bits per heavy atom. The van der Waals surface area contributed by atoms with E-state index >= 15 is 0 Å². The van der Waals surface area contributed by atoms with Crippen molar-refractivity contribution in [3.63, 3.8) is 0 Å². The Balaban J connectivity index is 1.64. The molecule has 0 radical (unpaired) electrons. The lowest BCUT2D eigenvalue weighted by atomic mass is 10.2. The summed E-state index contributed by atoms with van der Waals surface area (Å²) in [5.41, 5.74) is 1.32. The van der Waals surface area contributed by atoms with Gasteiger partial charge in [-0.25, -0.2) is 4.98 Å². The van der Waals surface area contributed by atoms with Crippen LogP contribution in [0.2, 0.25) is 0 Å². The fraction of sp³-hybridized carbons (Fsp3) is 0.136. The fourth-order valence-corrected chi connectivity index (χ4v) is 3.72. The first-order chi connectivity index (χ1) is 16.0. The summed E-state index contributed by atoms with van der Waals surface area (Å²) in [7, 11) is 1.85. The summed E-state index contributed by atoms with van der Waals surface area (Å²) in [6.45, 7) is 0.0241. The van der Waals surface area contributed by atoms with Crippen molar-refractivity contribution in [2.75, 3.05) is 17.2 Å². The highest BCUT2D eigenvalue weighted by molar-refractivity contribution is 5.95. The Hall–Kier alpha value is -4.51. The zero-order valence-electron chi connectivity index (χ0n) is 17.7. The van der Waals surface area contributed by atoms with Gasteiger partial charge in [0.2, 0.25) is 6.20 Å². The molecule has 0 saturated carbocycles. The molecule has 0 amide bonds. The van der Waals surface area contributed by atoms with Crippen molar-refractivity contribution < 1.29 is 9.53 Å². The minimum absolute atomic E-state index is 0.155. The number of nitrogens with zero attached hydrogens (tertiary/aromatic N) is 5. The van der Waals surface area contributed by atoms with Crippen molar-refractivity contribution in [3.05, 3.63) is 76.6 Å². The van der Waals surface area contributed by atoms with Crippen molar-refractivity contribution in [1.82, 2.24) is 24.3 Å². The third kappa shape index (κ3) is 4.04. The maximum Gasteiger partial charge on any atom is 0.268 e. The zero-order valence-corrected chi connectivity index (χ0v) is 17.7. The molecule has 0 fully saturated rings. The SMILES string of the molecule is Cn1cc2cc(Nc3nc(Nc4c[n+](=O)cc[nH]4)cc4ccn(CCO)c(=O)c34)ccc2n1. The highest BCUT2D eigenvalue weighted by atomic mass is 16.3. The van der Waals surface area contributed by atoms with Gasteiger partial charge in [0.1, 0.15) is 11.6 Å². The molecule has 0 unspecified atom stereocenters. The van der Waals surface area contributed by atoms with Crippen molar-refractivity contribution in [1.29, 1.82) is 0 Å². The number of aliphatic hydroxyl groups excluding tert-OH is 1. The van der Waals surface area contributed by atoms with E-state index in [9.17, 15) is 14.8 Å². The number of hydrogen-bond donors (Lipinski definition) is 4. The van der Waals surface area contributed by atoms with Crippen molar-refractivity contribution in [2.45, 2.75) is 6.54 Å². The van der Waals surface area contributed by atoms with Gasteiger partial charge in [0.15, 0.2) is 5.82 Å². The van der Waals surface area contributed by atoms with Crippen LogP contribution in [0, 0.1) is 4.91 Å². The normalized spacial score (nSPS) is 11.2. The van der Waals surface area contributed by atoms with Gasteiger partial charge in [-0.15, -0.1) is 0 Å². The number of nitrogens with one attached hydrogen (secondary N) is 3. The maximum atomic E-state index is 13.1. The van der Waals surface area contributed by atoms with E-state index in [2.05, 4.69) is 25.7 Å². The Labute approximate surface area is 186 Å². The molecule has 1 aromatic carbocycles. The lowest BCUT2D eigenvalue weighted by molar-refractivity contribution is -0.494. The standard InChI is InChI=1S/C22H20N8O3/c1-28-12-15-10-16(2-3-17(15)27-28)24-21-20-14(4-6-29(8-9-31)22(20)32)11-18(26-21)25-19-13-30(33)7-5-23-19/h2-7,10-13,31H,8-9H2,1H3,(H2-,23,24,25,26,32,33)/p+1. The number of H-pyrrole nitrogens is 1. The number of pyridine rings is 2. The number of aromatic nitrogens is 6. The molecule has 4 aromatic heterocycles. The Morgan fingerprint density at radius 3 is 2.88 bits per heavy atom. The summed E-state index contributed by atoms with van der Waals surface area (Å²) in [4.78, 5) is 32.3. The minimum Gasteiger partial charge on any atom is -0.395 e. The second-order valence-electron chi connectivity index (χ2n) is 7.55. The van der Waals surface area contributed by atoms with Gasteiger partial charge in [-0.3, -0.25) is 9.48 Å². The van der Waals surface area contributed by atoms with Gasteiger partial charge in [-0.2, -0.15) is 5.10 Å². The lowest BCUT2D eigenvalue weighted by Crippen LogP contribution is -2.22. The van der Waals surface area contributed by atoms with Crippen LogP contribution in [0.5, 0.6) is 0 Å². The van der Waals surface area contributed by atoms with E-state index in [1.807, 2.05) is 31.4 Å². The molecule has 11 heteroatoms.